The van der Waals surface area contributed by atoms with Crippen LogP contribution in [0, 0.1) is 0 Å². The van der Waals surface area contributed by atoms with Gasteiger partial charge in [-0.15, -0.1) is 0 Å². The molecule has 0 radical (unpaired) electrons. The Kier molecular flexibility index (Phi) is 7.66. The van der Waals surface area contributed by atoms with Crippen LogP contribution in [0.3, 0.4) is 0 Å². The third-order valence-corrected chi connectivity index (χ3v) is 3.17. The number of unbranched alkanes of at least 4 members (excludes halogenated alkanes) is 1. The van der Waals surface area contributed by atoms with E-state index in [1.165, 1.54) is 0 Å². The molecule has 1 amide bonds. The maximum Gasteiger partial charge on any atom is 0.407 e. The highest BCUT2D eigenvalue weighted by molar-refractivity contribution is 5.67. The molecule has 128 valence electrons. The molecule has 0 unspecified atom stereocenters. The molecule has 1 aromatic rings. The second-order valence-electron chi connectivity index (χ2n) is 6.45. The Balaban J connectivity index is 2.53. The summed E-state index contributed by atoms with van der Waals surface area (Å²) in [6.45, 7) is 12.8. The minimum atomic E-state index is -0.478. The number of nitrogens with one attached hydrogen (secondary N) is 1. The summed E-state index contributed by atoms with van der Waals surface area (Å²) in [4.78, 5) is 11.6. The monoisotopic (exact) mass is 319 g/mol. The molecule has 0 atom stereocenters. The third kappa shape index (κ3) is 7.73. The summed E-state index contributed by atoms with van der Waals surface area (Å²) in [7, 11) is 0. The molecule has 4 heteroatoms. The molecule has 0 saturated heterocycles. The van der Waals surface area contributed by atoms with Gasteiger partial charge in [-0.3, -0.25) is 0 Å². The lowest BCUT2D eigenvalue weighted by atomic mass is 10.0. The first-order chi connectivity index (χ1) is 10.9. The first-order valence-electron chi connectivity index (χ1n) is 8.20. The summed E-state index contributed by atoms with van der Waals surface area (Å²) in [5.74, 6) is 0.859. The van der Waals surface area contributed by atoms with E-state index in [9.17, 15) is 4.79 Å². The predicted molar refractivity (Wildman–Crippen MR) is 94.9 cm³/mol. The molecule has 0 saturated carbocycles. The first kappa shape index (κ1) is 19.1. The molecule has 0 aliphatic rings. The van der Waals surface area contributed by atoms with Gasteiger partial charge in [0.1, 0.15) is 11.4 Å². The molecule has 23 heavy (non-hydrogen) atoms. The Morgan fingerprint density at radius 1 is 1.35 bits per heavy atom. The fourth-order valence-corrected chi connectivity index (χ4v) is 2.03. The zero-order chi connectivity index (χ0) is 17.3. The number of carbonyl (C=O) groups is 1. The maximum absolute atomic E-state index is 11.6. The highest BCUT2D eigenvalue weighted by Crippen LogP contribution is 2.20. The van der Waals surface area contributed by atoms with Gasteiger partial charge in [0.15, 0.2) is 0 Å². The van der Waals surface area contributed by atoms with Crippen molar-refractivity contribution in [3.8, 4) is 5.75 Å². The predicted octanol–water partition coefficient (Wildman–Crippen LogP) is 4.58. The molecule has 0 aliphatic carbocycles. The van der Waals surface area contributed by atoms with Crippen LogP contribution in [-0.2, 0) is 11.2 Å². The van der Waals surface area contributed by atoms with Crippen molar-refractivity contribution in [1.82, 2.24) is 5.32 Å². The van der Waals surface area contributed by atoms with Gasteiger partial charge in [-0.1, -0.05) is 32.1 Å². The molecule has 0 fully saturated rings. The Morgan fingerprint density at radius 2 is 2.09 bits per heavy atom. The fourth-order valence-electron chi connectivity index (χ4n) is 2.03. The van der Waals surface area contributed by atoms with Gasteiger partial charge in [0, 0.05) is 6.54 Å². The fraction of sp³-hybridized carbons (Fsp3) is 0.526. The standard InChI is InChI=1S/C19H29NO3/c1-6-8-13-22-17-10-9-16(15(7-2)14-17)11-12-20-18(21)23-19(3,4)5/h7,9-10,14H,2,6,8,11-13H2,1,3-5H3,(H,20,21). The number of ether oxygens (including phenoxy) is 2. The van der Waals surface area contributed by atoms with E-state index >= 15 is 0 Å². The minimum Gasteiger partial charge on any atom is -0.494 e. The van der Waals surface area contributed by atoms with Crippen LogP contribution >= 0.6 is 0 Å². The summed E-state index contributed by atoms with van der Waals surface area (Å²) in [6.07, 6.45) is 4.30. The van der Waals surface area contributed by atoms with E-state index in [0.717, 1.165) is 42.7 Å². The Labute approximate surface area is 139 Å². The van der Waals surface area contributed by atoms with Gasteiger partial charge in [0.2, 0.25) is 0 Å². The van der Waals surface area contributed by atoms with Crippen molar-refractivity contribution in [2.45, 2.75) is 52.6 Å². The molecule has 0 bridgehead atoms. The quantitative estimate of drug-likeness (QED) is 0.714. The van der Waals surface area contributed by atoms with Crippen LogP contribution in [-0.4, -0.2) is 24.8 Å². The maximum atomic E-state index is 11.6. The second-order valence-corrected chi connectivity index (χ2v) is 6.45. The minimum absolute atomic E-state index is 0.392. The van der Waals surface area contributed by atoms with E-state index < -0.39 is 11.7 Å². The Morgan fingerprint density at radius 3 is 2.70 bits per heavy atom. The van der Waals surface area contributed by atoms with Crippen molar-refractivity contribution >= 4 is 12.2 Å². The smallest absolute Gasteiger partial charge is 0.407 e. The van der Waals surface area contributed by atoms with Crippen molar-refractivity contribution in [2.75, 3.05) is 13.2 Å². The summed E-state index contributed by atoms with van der Waals surface area (Å²) in [5.41, 5.74) is 1.68. The van der Waals surface area contributed by atoms with Crippen LogP contribution in [0.1, 0.15) is 51.7 Å². The SMILES string of the molecule is C=Cc1cc(OCCCC)ccc1CCNC(=O)OC(C)(C)C. The van der Waals surface area contributed by atoms with E-state index in [2.05, 4.69) is 18.8 Å². The lowest BCUT2D eigenvalue weighted by Gasteiger charge is -2.19. The molecule has 1 aromatic carbocycles. The third-order valence-electron chi connectivity index (χ3n) is 3.17. The first-order valence-corrected chi connectivity index (χ1v) is 8.20. The highest BCUT2D eigenvalue weighted by atomic mass is 16.6. The molecule has 0 aromatic heterocycles. The highest BCUT2D eigenvalue weighted by Gasteiger charge is 2.15. The lowest BCUT2D eigenvalue weighted by Crippen LogP contribution is -2.33. The average Bonchev–Trinajstić information content (AvgIpc) is 2.46. The molecule has 0 aliphatic heterocycles. The molecule has 4 nitrogen and oxygen atoms in total. The van der Waals surface area contributed by atoms with Crippen molar-refractivity contribution in [3.05, 3.63) is 35.9 Å². The summed E-state index contributed by atoms with van der Waals surface area (Å²) >= 11 is 0. The Hall–Kier alpha value is -1.97. The van der Waals surface area contributed by atoms with E-state index in [1.54, 1.807) is 0 Å². The van der Waals surface area contributed by atoms with Gasteiger partial charge in [0.25, 0.3) is 0 Å². The number of rotatable bonds is 8. The summed E-state index contributed by atoms with van der Waals surface area (Å²) in [5, 5.41) is 2.77. The number of hydrogen-bond acceptors (Lipinski definition) is 3. The number of amides is 1. The lowest BCUT2D eigenvalue weighted by molar-refractivity contribution is 0.0528. The van der Waals surface area contributed by atoms with Crippen molar-refractivity contribution < 1.29 is 14.3 Å². The number of carbonyl (C=O) groups excluding carboxylic acids is 1. The zero-order valence-corrected chi connectivity index (χ0v) is 14.8. The second kappa shape index (κ2) is 9.23. The number of alkyl carbamates (subject to hydrolysis) is 1. The van der Waals surface area contributed by atoms with Crippen LogP contribution in [0.4, 0.5) is 4.79 Å². The Bertz CT molecular complexity index is 518. The van der Waals surface area contributed by atoms with Crippen LogP contribution in [0.25, 0.3) is 6.08 Å². The van der Waals surface area contributed by atoms with Gasteiger partial charge in [-0.25, -0.2) is 4.79 Å². The van der Waals surface area contributed by atoms with Crippen molar-refractivity contribution in [1.29, 1.82) is 0 Å². The molecule has 0 spiro atoms. The van der Waals surface area contributed by atoms with Crippen LogP contribution in [0.2, 0.25) is 0 Å². The van der Waals surface area contributed by atoms with E-state index in [4.69, 9.17) is 9.47 Å². The van der Waals surface area contributed by atoms with E-state index in [0.29, 0.717) is 6.54 Å². The van der Waals surface area contributed by atoms with Crippen LogP contribution in [0.5, 0.6) is 5.75 Å². The van der Waals surface area contributed by atoms with Crippen LogP contribution < -0.4 is 10.1 Å². The van der Waals surface area contributed by atoms with Gasteiger partial charge in [0.05, 0.1) is 6.61 Å². The van der Waals surface area contributed by atoms with E-state index in [1.807, 2.05) is 45.0 Å². The molecular weight excluding hydrogens is 290 g/mol. The normalized spacial score (nSPS) is 11.0. The average molecular weight is 319 g/mol. The number of benzene rings is 1. The topological polar surface area (TPSA) is 47.6 Å². The zero-order valence-electron chi connectivity index (χ0n) is 14.8. The van der Waals surface area contributed by atoms with Gasteiger partial charge < -0.3 is 14.8 Å². The largest absolute Gasteiger partial charge is 0.494 e. The summed E-state index contributed by atoms with van der Waals surface area (Å²) in [6, 6.07) is 5.98. The van der Waals surface area contributed by atoms with E-state index in [-0.39, 0.29) is 0 Å². The van der Waals surface area contributed by atoms with Crippen molar-refractivity contribution in [3.63, 3.8) is 0 Å². The van der Waals surface area contributed by atoms with Gasteiger partial charge >= 0.3 is 6.09 Å². The van der Waals surface area contributed by atoms with Gasteiger partial charge in [-0.2, -0.15) is 0 Å². The molecule has 1 rings (SSSR count). The van der Waals surface area contributed by atoms with Gasteiger partial charge in [-0.05, 0) is 56.9 Å². The van der Waals surface area contributed by atoms with Crippen molar-refractivity contribution in [2.24, 2.45) is 0 Å². The van der Waals surface area contributed by atoms with Crippen LogP contribution in [0.15, 0.2) is 24.8 Å². The molecule has 1 N–H and O–H groups in total. The summed E-state index contributed by atoms with van der Waals surface area (Å²) < 4.78 is 10.9. The molecular formula is C19H29NO3. The molecule has 0 heterocycles. The number of hydrogen-bond donors (Lipinski definition) is 1.